The predicted octanol–water partition coefficient (Wildman–Crippen LogP) is 4.52. The van der Waals surface area contributed by atoms with Crippen LogP contribution in [0.5, 0.6) is 0 Å². The molecule has 1 atom stereocenters. The van der Waals surface area contributed by atoms with Gasteiger partial charge < -0.3 is 15.1 Å². The highest BCUT2D eigenvalue weighted by Gasteiger charge is 2.30. The summed E-state index contributed by atoms with van der Waals surface area (Å²) in [6, 6.07) is 6.04. The second-order valence-corrected chi connectivity index (χ2v) is 8.82. The third-order valence-electron chi connectivity index (χ3n) is 4.72. The highest BCUT2D eigenvalue weighted by atomic mass is 16.2. The highest BCUT2D eigenvalue weighted by Crippen LogP contribution is 2.28. The van der Waals surface area contributed by atoms with Crippen LogP contribution in [0, 0.1) is 11.3 Å². The molecule has 5 heteroatoms. The summed E-state index contributed by atoms with van der Waals surface area (Å²) in [6.45, 7) is 14.3. The summed E-state index contributed by atoms with van der Waals surface area (Å²) in [7, 11) is 3.98. The molecule has 5 nitrogen and oxygen atoms in total. The van der Waals surface area contributed by atoms with E-state index in [1.165, 1.54) is 0 Å². The Balaban J connectivity index is 3.29. The van der Waals surface area contributed by atoms with Gasteiger partial charge in [-0.3, -0.25) is 9.59 Å². The number of amides is 2. The zero-order valence-corrected chi connectivity index (χ0v) is 18.5. The fraction of sp³-hybridized carbons (Fsp3) is 0.636. The van der Waals surface area contributed by atoms with E-state index < -0.39 is 5.41 Å². The number of hydrogen-bond acceptors (Lipinski definition) is 3. The van der Waals surface area contributed by atoms with Crippen molar-refractivity contribution in [1.82, 2.24) is 4.90 Å². The zero-order chi connectivity index (χ0) is 20.9. The van der Waals surface area contributed by atoms with E-state index in [0.29, 0.717) is 6.54 Å². The van der Waals surface area contributed by atoms with E-state index in [9.17, 15) is 9.59 Å². The minimum Gasteiger partial charge on any atom is -0.377 e. The highest BCUT2D eigenvalue weighted by molar-refractivity contribution is 5.92. The second kappa shape index (κ2) is 9.25. The molecule has 1 N–H and O–H groups in total. The molecule has 1 rings (SSSR count). The molecule has 0 heterocycles. The van der Waals surface area contributed by atoms with Crippen molar-refractivity contribution in [2.75, 3.05) is 24.3 Å². The molecule has 1 aromatic carbocycles. The molecule has 0 aromatic heterocycles. The Bertz CT molecular complexity index is 660. The summed E-state index contributed by atoms with van der Waals surface area (Å²) in [4.78, 5) is 29.1. The molecular weight excluding hydrogens is 338 g/mol. The average molecular weight is 376 g/mol. The number of nitrogens with zero attached hydrogens (tertiary/aromatic N) is 2. The largest absolute Gasteiger partial charge is 0.377 e. The van der Waals surface area contributed by atoms with E-state index in [1.54, 1.807) is 0 Å². The van der Waals surface area contributed by atoms with E-state index in [4.69, 9.17) is 0 Å². The van der Waals surface area contributed by atoms with Gasteiger partial charge in [0.2, 0.25) is 11.8 Å². The molecule has 0 bridgehead atoms. The van der Waals surface area contributed by atoms with Crippen LogP contribution in [0.3, 0.4) is 0 Å². The summed E-state index contributed by atoms with van der Waals surface area (Å²) in [6.07, 6.45) is 0.892. The van der Waals surface area contributed by atoms with Gasteiger partial charge in [0.05, 0.1) is 0 Å². The van der Waals surface area contributed by atoms with Crippen molar-refractivity contribution in [3.8, 4) is 0 Å². The summed E-state index contributed by atoms with van der Waals surface area (Å²) in [5, 5.41) is 2.96. The van der Waals surface area contributed by atoms with Crippen LogP contribution in [-0.2, 0) is 16.1 Å². The molecule has 1 aromatic rings. The van der Waals surface area contributed by atoms with Crippen LogP contribution in [0.1, 0.15) is 60.5 Å². The van der Waals surface area contributed by atoms with Gasteiger partial charge in [0, 0.05) is 49.4 Å². The van der Waals surface area contributed by atoms with Gasteiger partial charge in [-0.1, -0.05) is 41.5 Å². The monoisotopic (exact) mass is 375 g/mol. The van der Waals surface area contributed by atoms with E-state index in [-0.39, 0.29) is 23.8 Å². The minimum absolute atomic E-state index is 0.0110. The first-order chi connectivity index (χ1) is 12.4. The van der Waals surface area contributed by atoms with E-state index in [1.807, 2.05) is 76.7 Å². The van der Waals surface area contributed by atoms with Crippen LogP contribution < -0.4 is 10.2 Å². The molecule has 0 saturated carbocycles. The molecular formula is C22H37N3O2. The molecule has 0 fully saturated rings. The zero-order valence-electron chi connectivity index (χ0n) is 18.5. The van der Waals surface area contributed by atoms with Gasteiger partial charge in [0.25, 0.3) is 0 Å². The number of anilines is 2. The smallest absolute Gasteiger partial charge is 0.228 e. The van der Waals surface area contributed by atoms with Crippen molar-refractivity contribution < 1.29 is 9.59 Å². The molecule has 0 radical (unpaired) electrons. The molecule has 0 aliphatic carbocycles. The third kappa shape index (κ3) is 6.26. The Morgan fingerprint density at radius 2 is 1.70 bits per heavy atom. The molecule has 0 unspecified atom stereocenters. The number of rotatable bonds is 7. The fourth-order valence-electron chi connectivity index (χ4n) is 2.78. The Kier molecular flexibility index (Phi) is 7.88. The lowest BCUT2D eigenvalue weighted by Crippen LogP contribution is -2.44. The number of hydrogen-bond donors (Lipinski definition) is 1. The molecule has 0 aliphatic heterocycles. The van der Waals surface area contributed by atoms with E-state index in [2.05, 4.69) is 19.2 Å². The van der Waals surface area contributed by atoms with Gasteiger partial charge in [-0.25, -0.2) is 0 Å². The molecule has 0 spiro atoms. The first-order valence-corrected chi connectivity index (χ1v) is 9.80. The normalized spacial score (nSPS) is 12.7. The molecule has 0 saturated heterocycles. The van der Waals surface area contributed by atoms with Gasteiger partial charge in [-0.05, 0) is 37.1 Å². The van der Waals surface area contributed by atoms with Crippen LogP contribution in [0.2, 0.25) is 0 Å². The standard InChI is InChI=1S/C22H37N3O2/c1-10-16(4)25(21(27)22(5,6)7)14-17-13-18(23-20(26)15(2)3)11-12-19(17)24(8)9/h11-13,15-16H,10,14H2,1-9H3,(H,23,26)/t16-/m0/s1. The SMILES string of the molecule is CC[C@H](C)N(Cc1cc(NC(=O)C(C)C)ccc1N(C)C)C(=O)C(C)(C)C. The predicted molar refractivity (Wildman–Crippen MR) is 114 cm³/mol. The number of carbonyl (C=O) groups is 2. The minimum atomic E-state index is -0.439. The van der Waals surface area contributed by atoms with Crippen LogP contribution in [-0.4, -0.2) is 36.9 Å². The number of carbonyl (C=O) groups excluding carboxylic acids is 2. The maximum atomic E-state index is 13.0. The lowest BCUT2D eigenvalue weighted by molar-refractivity contribution is -0.142. The van der Waals surface area contributed by atoms with E-state index in [0.717, 1.165) is 23.4 Å². The first kappa shape index (κ1) is 23.0. The maximum absolute atomic E-state index is 13.0. The summed E-state index contributed by atoms with van der Waals surface area (Å²) in [5.41, 5.74) is 2.40. The Morgan fingerprint density at radius 3 is 2.15 bits per heavy atom. The van der Waals surface area contributed by atoms with Gasteiger partial charge in [-0.15, -0.1) is 0 Å². The van der Waals surface area contributed by atoms with Crippen molar-refractivity contribution in [2.45, 2.75) is 67.5 Å². The van der Waals surface area contributed by atoms with Crippen LogP contribution >= 0.6 is 0 Å². The number of nitrogens with one attached hydrogen (secondary N) is 1. The van der Waals surface area contributed by atoms with Gasteiger partial charge in [0.15, 0.2) is 0 Å². The first-order valence-electron chi connectivity index (χ1n) is 9.80. The summed E-state index contributed by atoms with van der Waals surface area (Å²) >= 11 is 0. The van der Waals surface area contributed by atoms with Gasteiger partial charge in [-0.2, -0.15) is 0 Å². The maximum Gasteiger partial charge on any atom is 0.228 e. The van der Waals surface area contributed by atoms with Crippen LogP contribution in [0.25, 0.3) is 0 Å². The Hall–Kier alpha value is -2.04. The lowest BCUT2D eigenvalue weighted by Gasteiger charge is -2.35. The van der Waals surface area contributed by atoms with Gasteiger partial charge >= 0.3 is 0 Å². The quantitative estimate of drug-likeness (QED) is 0.762. The van der Waals surface area contributed by atoms with Crippen molar-refractivity contribution in [2.24, 2.45) is 11.3 Å². The topological polar surface area (TPSA) is 52.7 Å². The van der Waals surface area contributed by atoms with Crippen molar-refractivity contribution in [3.05, 3.63) is 23.8 Å². The molecule has 27 heavy (non-hydrogen) atoms. The second-order valence-electron chi connectivity index (χ2n) is 8.82. The summed E-state index contributed by atoms with van der Waals surface area (Å²) in [5.74, 6) is 0.0438. The Morgan fingerprint density at radius 1 is 1.11 bits per heavy atom. The Labute approximate surface area is 165 Å². The average Bonchev–Trinajstić information content (AvgIpc) is 2.57. The molecule has 0 aliphatic rings. The van der Waals surface area contributed by atoms with Crippen molar-refractivity contribution in [3.63, 3.8) is 0 Å². The summed E-state index contributed by atoms with van der Waals surface area (Å²) < 4.78 is 0. The molecule has 2 amide bonds. The fourth-order valence-corrected chi connectivity index (χ4v) is 2.78. The van der Waals surface area contributed by atoms with Crippen molar-refractivity contribution >= 4 is 23.2 Å². The van der Waals surface area contributed by atoms with Crippen molar-refractivity contribution in [1.29, 1.82) is 0 Å². The lowest BCUT2D eigenvalue weighted by atomic mass is 9.93. The van der Waals surface area contributed by atoms with Crippen LogP contribution in [0.15, 0.2) is 18.2 Å². The van der Waals surface area contributed by atoms with Crippen LogP contribution in [0.4, 0.5) is 11.4 Å². The van der Waals surface area contributed by atoms with E-state index >= 15 is 0 Å². The third-order valence-corrected chi connectivity index (χ3v) is 4.72. The van der Waals surface area contributed by atoms with Gasteiger partial charge in [0.1, 0.15) is 0 Å². The number of benzene rings is 1. The molecule has 152 valence electrons.